The Labute approximate surface area is 254 Å². The number of carbonyl (C=O) groups excluding carboxylic acids is 1. The first-order valence-electron chi connectivity index (χ1n) is 12.9. The number of pyridine rings is 1. The number of nitrogens with zero attached hydrogens (tertiary/aromatic N) is 3. The van der Waals surface area contributed by atoms with Crippen LogP contribution in [0.5, 0.6) is 5.75 Å². The molecule has 0 unspecified atom stereocenters. The highest BCUT2D eigenvalue weighted by atomic mass is 35.5. The van der Waals surface area contributed by atoms with E-state index in [0.717, 1.165) is 34.0 Å². The molecule has 3 heterocycles. The van der Waals surface area contributed by atoms with Crippen LogP contribution in [0.1, 0.15) is 34.7 Å². The van der Waals surface area contributed by atoms with Gasteiger partial charge in [0.25, 0.3) is 0 Å². The van der Waals surface area contributed by atoms with E-state index in [9.17, 15) is 4.79 Å². The number of benzene rings is 2. The Morgan fingerprint density at radius 3 is 2.61 bits per heavy atom. The number of methoxy groups -OCH3 is 2. The fourth-order valence-electron chi connectivity index (χ4n) is 5.33. The lowest BCUT2D eigenvalue weighted by molar-refractivity contribution is -0.119. The zero-order valence-electron chi connectivity index (χ0n) is 22.9. The molecule has 0 aliphatic carbocycles. The van der Waals surface area contributed by atoms with E-state index in [1.807, 2.05) is 54.3 Å². The van der Waals surface area contributed by atoms with E-state index in [-0.39, 0.29) is 24.6 Å². The lowest BCUT2D eigenvalue weighted by atomic mass is 9.96. The van der Waals surface area contributed by atoms with Gasteiger partial charge < -0.3 is 29.6 Å². The van der Waals surface area contributed by atoms with Gasteiger partial charge in [-0.15, -0.1) is 0 Å². The van der Waals surface area contributed by atoms with Gasteiger partial charge in [0.05, 0.1) is 46.3 Å². The monoisotopic (exact) mass is 609 g/mol. The van der Waals surface area contributed by atoms with Crippen molar-refractivity contribution in [3.8, 4) is 11.4 Å². The van der Waals surface area contributed by atoms with Crippen molar-refractivity contribution in [2.45, 2.75) is 25.9 Å². The molecule has 4 aromatic rings. The largest absolute Gasteiger partial charge is 0.495 e. The third-order valence-electron chi connectivity index (χ3n) is 7.07. The van der Waals surface area contributed by atoms with Crippen molar-refractivity contribution >= 4 is 57.8 Å². The standard InChI is InChI=1S/C30H29Cl2N5O3S/c1-17-14-20(18(2)36(17)24-10-7-8-21(31)27(24)32)29-28(22-9-5-6-13-33-22)35-30(41)37(29)19-11-12-25(40-4)23(15-19)34-26(38)16-39-3/h5-15,28-29H,16H2,1-4H3,(H,34,38)(H,35,41)/t28-,29-/m1/s1. The second-order valence-electron chi connectivity index (χ2n) is 9.60. The molecule has 1 saturated heterocycles. The molecule has 212 valence electrons. The maximum absolute atomic E-state index is 12.4. The first-order chi connectivity index (χ1) is 19.7. The Bertz CT molecular complexity index is 1610. The highest BCUT2D eigenvalue weighted by Gasteiger charge is 2.42. The van der Waals surface area contributed by atoms with Gasteiger partial charge in [0.1, 0.15) is 12.4 Å². The van der Waals surface area contributed by atoms with Crippen molar-refractivity contribution in [3.63, 3.8) is 0 Å². The van der Waals surface area contributed by atoms with Crippen LogP contribution in [0.3, 0.4) is 0 Å². The van der Waals surface area contributed by atoms with Crippen LogP contribution in [0.2, 0.25) is 10.0 Å². The quantitative estimate of drug-likeness (QED) is 0.219. The number of hydrogen-bond donors (Lipinski definition) is 2. The molecule has 5 rings (SSSR count). The molecule has 1 aliphatic rings. The smallest absolute Gasteiger partial charge is 0.250 e. The molecular weight excluding hydrogens is 581 g/mol. The van der Waals surface area contributed by atoms with Crippen molar-refractivity contribution in [3.05, 3.63) is 99.6 Å². The number of rotatable bonds is 8. The molecule has 0 saturated carbocycles. The highest BCUT2D eigenvalue weighted by Crippen LogP contribution is 2.45. The van der Waals surface area contributed by atoms with E-state index < -0.39 is 0 Å². The maximum Gasteiger partial charge on any atom is 0.250 e. The summed E-state index contributed by atoms with van der Waals surface area (Å²) < 4.78 is 12.6. The van der Waals surface area contributed by atoms with E-state index in [1.54, 1.807) is 25.4 Å². The Balaban J connectivity index is 1.67. The zero-order valence-corrected chi connectivity index (χ0v) is 25.3. The van der Waals surface area contributed by atoms with Crippen molar-refractivity contribution in [2.24, 2.45) is 0 Å². The molecule has 0 spiro atoms. The summed E-state index contributed by atoms with van der Waals surface area (Å²) in [6, 6.07) is 18.6. The van der Waals surface area contributed by atoms with Crippen LogP contribution >= 0.6 is 35.4 Å². The third-order valence-corrected chi connectivity index (χ3v) is 8.19. The molecular formula is C30H29Cl2N5O3S. The van der Waals surface area contributed by atoms with Gasteiger partial charge in [-0.25, -0.2) is 0 Å². The molecule has 11 heteroatoms. The minimum atomic E-state index is -0.296. The lowest BCUT2D eigenvalue weighted by Gasteiger charge is -2.29. The van der Waals surface area contributed by atoms with Gasteiger partial charge in [-0.05, 0) is 80.2 Å². The fourth-order valence-corrected chi connectivity index (χ4v) is 6.06. The SMILES string of the molecule is COCC(=O)Nc1cc(N2C(=S)N[C@H](c3ccccn3)[C@H]2c2cc(C)n(-c3cccc(Cl)c3Cl)c2C)ccc1OC. The molecule has 1 amide bonds. The van der Waals surface area contributed by atoms with Gasteiger partial charge in [-0.3, -0.25) is 9.78 Å². The molecule has 2 N–H and O–H groups in total. The van der Waals surface area contributed by atoms with Crippen LogP contribution in [0, 0.1) is 13.8 Å². The molecule has 41 heavy (non-hydrogen) atoms. The molecule has 0 bridgehead atoms. The number of aryl methyl sites for hydroxylation is 1. The van der Waals surface area contributed by atoms with Crippen molar-refractivity contribution in [1.29, 1.82) is 0 Å². The Morgan fingerprint density at radius 1 is 1.10 bits per heavy atom. The summed E-state index contributed by atoms with van der Waals surface area (Å²) >= 11 is 19.0. The van der Waals surface area contributed by atoms with E-state index in [4.69, 9.17) is 44.9 Å². The van der Waals surface area contributed by atoms with Crippen LogP contribution in [0.4, 0.5) is 11.4 Å². The first-order valence-corrected chi connectivity index (χ1v) is 14.0. The molecule has 1 fully saturated rings. The number of hydrogen-bond acceptors (Lipinski definition) is 5. The predicted molar refractivity (Wildman–Crippen MR) is 167 cm³/mol. The van der Waals surface area contributed by atoms with E-state index in [0.29, 0.717) is 26.6 Å². The summed E-state index contributed by atoms with van der Waals surface area (Å²) in [6.07, 6.45) is 1.77. The van der Waals surface area contributed by atoms with Gasteiger partial charge in [0.15, 0.2) is 5.11 Å². The average Bonchev–Trinajstić information content (AvgIpc) is 3.45. The Kier molecular flexibility index (Phi) is 8.51. The summed E-state index contributed by atoms with van der Waals surface area (Å²) in [5.41, 5.74) is 5.91. The second kappa shape index (κ2) is 12.1. The molecule has 1 aliphatic heterocycles. The van der Waals surface area contributed by atoms with Gasteiger partial charge in [0, 0.05) is 30.4 Å². The summed E-state index contributed by atoms with van der Waals surface area (Å²) in [6.45, 7) is 4.00. The van der Waals surface area contributed by atoms with Crippen molar-refractivity contribution < 1.29 is 14.3 Å². The minimum Gasteiger partial charge on any atom is -0.495 e. The Morgan fingerprint density at radius 2 is 1.90 bits per heavy atom. The van der Waals surface area contributed by atoms with Crippen LogP contribution in [-0.2, 0) is 9.53 Å². The van der Waals surface area contributed by atoms with Crippen LogP contribution in [0.25, 0.3) is 5.69 Å². The van der Waals surface area contributed by atoms with Crippen LogP contribution < -0.4 is 20.3 Å². The lowest BCUT2D eigenvalue weighted by Crippen LogP contribution is -2.29. The van der Waals surface area contributed by atoms with Gasteiger partial charge >= 0.3 is 0 Å². The summed E-state index contributed by atoms with van der Waals surface area (Å²) in [4.78, 5) is 19.1. The van der Waals surface area contributed by atoms with Gasteiger partial charge in [-0.2, -0.15) is 0 Å². The normalized spacial score (nSPS) is 16.5. The van der Waals surface area contributed by atoms with Gasteiger partial charge in [0.2, 0.25) is 5.91 Å². The summed E-state index contributed by atoms with van der Waals surface area (Å²) in [5.74, 6) is 0.220. The molecule has 2 aromatic heterocycles. The minimum absolute atomic E-state index is 0.0838. The molecule has 2 aromatic carbocycles. The summed E-state index contributed by atoms with van der Waals surface area (Å²) in [5, 5.41) is 7.85. The number of nitrogens with one attached hydrogen (secondary N) is 2. The van der Waals surface area contributed by atoms with E-state index in [1.165, 1.54) is 7.11 Å². The molecule has 8 nitrogen and oxygen atoms in total. The number of halogens is 2. The van der Waals surface area contributed by atoms with Crippen LogP contribution in [0.15, 0.2) is 66.9 Å². The van der Waals surface area contributed by atoms with Crippen molar-refractivity contribution in [1.82, 2.24) is 14.9 Å². The zero-order chi connectivity index (χ0) is 29.3. The third kappa shape index (κ3) is 5.50. The summed E-state index contributed by atoms with van der Waals surface area (Å²) in [7, 11) is 3.02. The number of amides is 1. The fraction of sp³-hybridized carbons (Fsp3) is 0.233. The topological polar surface area (TPSA) is 80.7 Å². The number of ether oxygens (including phenoxy) is 2. The van der Waals surface area contributed by atoms with Gasteiger partial charge in [-0.1, -0.05) is 35.3 Å². The molecule has 2 atom stereocenters. The number of anilines is 2. The number of carbonyl (C=O) groups is 1. The maximum atomic E-state index is 12.4. The average molecular weight is 611 g/mol. The highest BCUT2D eigenvalue weighted by molar-refractivity contribution is 7.80. The number of thiocarbonyl (C=S) groups is 1. The number of aromatic nitrogens is 2. The van der Waals surface area contributed by atoms with E-state index >= 15 is 0 Å². The predicted octanol–water partition coefficient (Wildman–Crippen LogP) is 6.57. The van der Waals surface area contributed by atoms with Crippen LogP contribution in [-0.4, -0.2) is 41.4 Å². The van der Waals surface area contributed by atoms with Crippen molar-refractivity contribution in [2.75, 3.05) is 31.0 Å². The Hall–Kier alpha value is -3.63. The molecule has 0 radical (unpaired) electrons. The first kappa shape index (κ1) is 28.9. The van der Waals surface area contributed by atoms with E-state index in [2.05, 4.69) is 33.2 Å². The second-order valence-corrected chi connectivity index (χ2v) is 10.8.